The zero-order chi connectivity index (χ0) is 15.8. The van der Waals surface area contributed by atoms with Crippen LogP contribution in [-0.2, 0) is 4.79 Å². The van der Waals surface area contributed by atoms with E-state index in [1.165, 1.54) is 6.92 Å². The first kappa shape index (κ1) is 17.4. The summed E-state index contributed by atoms with van der Waals surface area (Å²) in [6, 6.07) is 7.20. The van der Waals surface area contributed by atoms with Crippen LogP contribution < -0.4 is 5.32 Å². The van der Waals surface area contributed by atoms with Crippen LogP contribution in [0.2, 0.25) is 0 Å². The van der Waals surface area contributed by atoms with Gasteiger partial charge in [0.05, 0.1) is 5.69 Å². The van der Waals surface area contributed by atoms with Gasteiger partial charge < -0.3 is 5.32 Å². The molecule has 1 rings (SSSR count). The fourth-order valence-electron chi connectivity index (χ4n) is 2.51. The van der Waals surface area contributed by atoms with Gasteiger partial charge in [0.25, 0.3) is 0 Å². The molecule has 0 saturated heterocycles. The number of nitrogens with one attached hydrogen (secondary N) is 1. The molecule has 0 aliphatic carbocycles. The lowest BCUT2D eigenvalue weighted by Crippen LogP contribution is -2.28. The number of para-hydroxylation sites is 1. The molecular formula is C18H27NO2. The highest BCUT2D eigenvalue weighted by molar-refractivity contribution is 6.04. The Hall–Kier alpha value is -1.64. The molecule has 1 unspecified atom stereocenters. The highest BCUT2D eigenvalue weighted by Gasteiger charge is 2.24. The monoisotopic (exact) mass is 289 g/mol. The van der Waals surface area contributed by atoms with E-state index in [4.69, 9.17) is 0 Å². The third-order valence-corrected chi connectivity index (χ3v) is 4.10. The lowest BCUT2D eigenvalue weighted by atomic mass is 9.86. The maximum Gasteiger partial charge on any atom is 0.227 e. The summed E-state index contributed by atoms with van der Waals surface area (Å²) in [5, 5.41) is 2.96. The molecule has 1 amide bonds. The van der Waals surface area contributed by atoms with Crippen LogP contribution in [0.3, 0.4) is 0 Å². The second-order valence-electron chi connectivity index (χ2n) is 5.73. The van der Waals surface area contributed by atoms with Crippen molar-refractivity contribution in [3.8, 4) is 0 Å². The minimum atomic E-state index is -0.0282. The van der Waals surface area contributed by atoms with E-state index in [1.54, 1.807) is 12.1 Å². The highest BCUT2D eigenvalue weighted by Crippen LogP contribution is 2.24. The maximum absolute atomic E-state index is 12.6. The van der Waals surface area contributed by atoms with Gasteiger partial charge in [-0.05, 0) is 31.4 Å². The first-order valence-corrected chi connectivity index (χ1v) is 7.92. The van der Waals surface area contributed by atoms with Crippen molar-refractivity contribution >= 4 is 17.4 Å². The zero-order valence-electron chi connectivity index (χ0n) is 13.6. The summed E-state index contributed by atoms with van der Waals surface area (Å²) >= 11 is 0. The summed E-state index contributed by atoms with van der Waals surface area (Å²) in [4.78, 5) is 24.2. The molecule has 3 nitrogen and oxygen atoms in total. The molecule has 3 heteroatoms. The summed E-state index contributed by atoms with van der Waals surface area (Å²) < 4.78 is 0. The molecule has 0 bridgehead atoms. The molecule has 0 aliphatic heterocycles. The summed E-state index contributed by atoms with van der Waals surface area (Å²) in [7, 11) is 0. The Balaban J connectivity index is 2.88. The van der Waals surface area contributed by atoms with Gasteiger partial charge in [0.1, 0.15) is 0 Å². The maximum atomic E-state index is 12.6. The molecule has 21 heavy (non-hydrogen) atoms. The van der Waals surface area contributed by atoms with Crippen molar-refractivity contribution < 1.29 is 9.59 Å². The lowest BCUT2D eigenvalue weighted by molar-refractivity contribution is -0.121. The fraction of sp³-hybridized carbons (Fsp3) is 0.556. The highest BCUT2D eigenvalue weighted by atomic mass is 16.2. The topological polar surface area (TPSA) is 46.2 Å². The number of hydrogen-bond acceptors (Lipinski definition) is 2. The fourth-order valence-corrected chi connectivity index (χ4v) is 2.51. The molecule has 1 aromatic carbocycles. The standard InChI is InChI=1S/C18H27NO2/c1-5-7-10-15(13(3)6-2)18(21)19-17-12-9-8-11-16(17)14(4)20/h8-9,11-13,15H,5-7,10H2,1-4H3,(H,19,21)/t13-,15?/m1/s1. The Morgan fingerprint density at radius 3 is 2.43 bits per heavy atom. The number of carbonyl (C=O) groups is 2. The number of hydrogen-bond donors (Lipinski definition) is 1. The number of ketones is 1. The molecule has 1 N–H and O–H groups in total. The molecule has 0 saturated carbocycles. The number of benzene rings is 1. The molecule has 2 atom stereocenters. The van der Waals surface area contributed by atoms with Gasteiger partial charge in [-0.25, -0.2) is 0 Å². The lowest BCUT2D eigenvalue weighted by Gasteiger charge is -2.22. The molecule has 116 valence electrons. The quantitative estimate of drug-likeness (QED) is 0.706. The average molecular weight is 289 g/mol. The van der Waals surface area contributed by atoms with Crippen molar-refractivity contribution in [3.63, 3.8) is 0 Å². The Labute approximate surface area is 128 Å². The molecular weight excluding hydrogens is 262 g/mol. The van der Waals surface area contributed by atoms with Crippen LogP contribution in [0.4, 0.5) is 5.69 Å². The number of amides is 1. The van der Waals surface area contributed by atoms with Crippen LogP contribution >= 0.6 is 0 Å². The third-order valence-electron chi connectivity index (χ3n) is 4.10. The number of rotatable bonds is 8. The van der Waals surface area contributed by atoms with Crippen molar-refractivity contribution in [1.29, 1.82) is 0 Å². The second-order valence-corrected chi connectivity index (χ2v) is 5.73. The van der Waals surface area contributed by atoms with Crippen molar-refractivity contribution in [2.24, 2.45) is 11.8 Å². The number of Topliss-reactive ketones (excluding diaryl/α,β-unsaturated/α-hetero) is 1. The second kappa shape index (κ2) is 8.60. The summed E-state index contributed by atoms with van der Waals surface area (Å²) in [5.41, 5.74) is 1.20. The zero-order valence-corrected chi connectivity index (χ0v) is 13.6. The van der Waals surface area contributed by atoms with Gasteiger partial charge in [-0.15, -0.1) is 0 Å². The number of carbonyl (C=O) groups excluding carboxylic acids is 2. The van der Waals surface area contributed by atoms with E-state index in [0.717, 1.165) is 25.7 Å². The molecule has 0 aliphatic rings. The Morgan fingerprint density at radius 2 is 1.86 bits per heavy atom. The molecule has 0 spiro atoms. The minimum absolute atomic E-state index is 0.00923. The molecule has 0 radical (unpaired) electrons. The van der Waals surface area contributed by atoms with Crippen molar-refractivity contribution in [3.05, 3.63) is 29.8 Å². The van der Waals surface area contributed by atoms with Crippen LogP contribution in [-0.4, -0.2) is 11.7 Å². The van der Waals surface area contributed by atoms with Gasteiger partial charge in [0.15, 0.2) is 5.78 Å². The van der Waals surface area contributed by atoms with E-state index >= 15 is 0 Å². The third kappa shape index (κ3) is 5.00. The summed E-state index contributed by atoms with van der Waals surface area (Å²) in [5.74, 6) is 0.363. The van der Waals surface area contributed by atoms with E-state index < -0.39 is 0 Å². The van der Waals surface area contributed by atoms with Gasteiger partial charge in [0.2, 0.25) is 5.91 Å². The Bertz CT molecular complexity index is 482. The number of unbranched alkanes of at least 4 members (excludes halogenated alkanes) is 1. The van der Waals surface area contributed by atoms with Gasteiger partial charge in [0, 0.05) is 11.5 Å². The van der Waals surface area contributed by atoms with E-state index in [2.05, 4.69) is 26.1 Å². The Kier molecular flexibility index (Phi) is 7.13. The van der Waals surface area contributed by atoms with Gasteiger partial charge >= 0.3 is 0 Å². The first-order valence-electron chi connectivity index (χ1n) is 7.92. The van der Waals surface area contributed by atoms with Crippen LogP contribution in [0.5, 0.6) is 0 Å². The average Bonchev–Trinajstić information content (AvgIpc) is 2.47. The molecule has 0 aromatic heterocycles. The van der Waals surface area contributed by atoms with Crippen LogP contribution in [0.25, 0.3) is 0 Å². The minimum Gasteiger partial charge on any atom is -0.325 e. The van der Waals surface area contributed by atoms with Gasteiger partial charge in [-0.1, -0.05) is 52.2 Å². The van der Waals surface area contributed by atoms with Crippen molar-refractivity contribution in [2.75, 3.05) is 5.32 Å². The Morgan fingerprint density at radius 1 is 1.19 bits per heavy atom. The normalized spacial score (nSPS) is 13.5. The summed E-state index contributed by atoms with van der Waals surface area (Å²) in [6.45, 7) is 7.89. The van der Waals surface area contributed by atoms with E-state index in [-0.39, 0.29) is 17.6 Å². The van der Waals surface area contributed by atoms with Crippen molar-refractivity contribution in [1.82, 2.24) is 0 Å². The molecule has 1 aromatic rings. The largest absolute Gasteiger partial charge is 0.325 e. The van der Waals surface area contributed by atoms with Crippen molar-refractivity contribution in [2.45, 2.75) is 53.4 Å². The van der Waals surface area contributed by atoms with Gasteiger partial charge in [-0.2, -0.15) is 0 Å². The smallest absolute Gasteiger partial charge is 0.227 e. The number of anilines is 1. The summed E-state index contributed by atoms with van der Waals surface area (Å²) in [6.07, 6.45) is 4.02. The van der Waals surface area contributed by atoms with E-state index in [9.17, 15) is 9.59 Å². The van der Waals surface area contributed by atoms with Crippen LogP contribution in [0.1, 0.15) is 63.7 Å². The van der Waals surface area contributed by atoms with Crippen LogP contribution in [0.15, 0.2) is 24.3 Å². The predicted molar refractivity (Wildman–Crippen MR) is 87.5 cm³/mol. The predicted octanol–water partition coefficient (Wildman–Crippen LogP) is 4.68. The first-order chi connectivity index (χ1) is 10.0. The van der Waals surface area contributed by atoms with E-state index in [1.807, 2.05) is 12.1 Å². The van der Waals surface area contributed by atoms with Crippen LogP contribution in [0, 0.1) is 11.8 Å². The molecule has 0 fully saturated rings. The SMILES string of the molecule is CCCCC(C(=O)Nc1ccccc1C(C)=O)[C@H](C)CC. The molecule has 0 heterocycles. The van der Waals surface area contributed by atoms with Gasteiger partial charge in [-0.3, -0.25) is 9.59 Å². The van der Waals surface area contributed by atoms with E-state index in [0.29, 0.717) is 17.2 Å².